The normalized spacial score (nSPS) is 28.0. The Morgan fingerprint density at radius 1 is 1.17 bits per heavy atom. The first kappa shape index (κ1) is 22.0. The number of hydrogen-bond acceptors (Lipinski definition) is 5. The van der Waals surface area contributed by atoms with E-state index < -0.39 is 24.5 Å². The predicted molar refractivity (Wildman–Crippen MR) is 107 cm³/mol. The fourth-order valence-electron chi connectivity index (χ4n) is 4.28. The largest absolute Gasteiger partial charge is 0.354 e. The van der Waals surface area contributed by atoms with Gasteiger partial charge in [0.05, 0.1) is 6.54 Å². The molecule has 0 radical (unpaired) electrons. The quantitative estimate of drug-likeness (QED) is 0.610. The maximum atomic E-state index is 13.2. The average molecular weight is 410 g/mol. The van der Waals surface area contributed by atoms with E-state index in [0.717, 1.165) is 32.1 Å². The number of likely N-dealkylation sites (tertiary alicyclic amines) is 1. The number of carbonyl (C=O) groups excluding carboxylic acids is 3. The zero-order valence-corrected chi connectivity index (χ0v) is 17.9. The number of amides is 3. The molecule has 164 valence electrons. The van der Waals surface area contributed by atoms with E-state index in [4.69, 9.17) is 9.47 Å². The SMILES string of the molecule is CCCCNC(=O)[C@H](CC(C)C)N1C[C@@H]2O[C@H](C1=O)[C@H](C(=O)N1CCCCC1)O2. The monoisotopic (exact) mass is 409 g/mol. The van der Waals surface area contributed by atoms with Crippen molar-refractivity contribution in [2.45, 2.75) is 83.8 Å². The summed E-state index contributed by atoms with van der Waals surface area (Å²) < 4.78 is 11.5. The first-order valence-corrected chi connectivity index (χ1v) is 11.1. The maximum Gasteiger partial charge on any atom is 0.255 e. The van der Waals surface area contributed by atoms with Crippen LogP contribution in [0.4, 0.5) is 0 Å². The standard InChI is InChI=1S/C21H35N3O5/c1-4-5-9-22-19(25)15(12-14(2)3)24-13-16-28-17(18(29-16)21(24)27)20(26)23-10-7-6-8-11-23/h14-18H,4-13H2,1-3H3,(H,22,25)/t15-,16-,17+,18-/m0/s1. The summed E-state index contributed by atoms with van der Waals surface area (Å²) in [5, 5.41) is 2.95. The molecule has 3 saturated heterocycles. The van der Waals surface area contributed by atoms with Gasteiger partial charge in [0.1, 0.15) is 6.04 Å². The van der Waals surface area contributed by atoms with Crippen LogP contribution in [0.3, 0.4) is 0 Å². The number of nitrogens with zero attached hydrogens (tertiary/aromatic N) is 2. The van der Waals surface area contributed by atoms with E-state index in [2.05, 4.69) is 12.2 Å². The summed E-state index contributed by atoms with van der Waals surface area (Å²) in [5.41, 5.74) is 0. The number of unbranched alkanes of at least 4 members (excludes halogenated alkanes) is 1. The number of rotatable bonds is 8. The molecule has 3 rings (SSSR count). The molecule has 3 heterocycles. The van der Waals surface area contributed by atoms with Crippen LogP contribution in [0, 0.1) is 5.92 Å². The third-order valence-corrected chi connectivity index (χ3v) is 5.86. The molecule has 0 unspecified atom stereocenters. The lowest BCUT2D eigenvalue weighted by Gasteiger charge is -2.37. The van der Waals surface area contributed by atoms with Gasteiger partial charge in [-0.3, -0.25) is 14.4 Å². The summed E-state index contributed by atoms with van der Waals surface area (Å²) in [6, 6.07) is -0.569. The van der Waals surface area contributed by atoms with E-state index in [1.54, 1.807) is 9.80 Å². The second-order valence-corrected chi connectivity index (χ2v) is 8.71. The topological polar surface area (TPSA) is 88.2 Å². The van der Waals surface area contributed by atoms with Crippen LogP contribution in [0.1, 0.15) is 59.3 Å². The van der Waals surface area contributed by atoms with Gasteiger partial charge in [0.15, 0.2) is 18.5 Å². The van der Waals surface area contributed by atoms with E-state index in [0.29, 0.717) is 26.1 Å². The van der Waals surface area contributed by atoms with Crippen molar-refractivity contribution in [3.05, 3.63) is 0 Å². The summed E-state index contributed by atoms with van der Waals surface area (Å²) in [6.45, 7) is 8.31. The third kappa shape index (κ3) is 5.09. The summed E-state index contributed by atoms with van der Waals surface area (Å²) >= 11 is 0. The molecule has 4 atom stereocenters. The van der Waals surface area contributed by atoms with Crippen LogP contribution in [0.25, 0.3) is 0 Å². The van der Waals surface area contributed by atoms with Crippen LogP contribution in [0.2, 0.25) is 0 Å². The van der Waals surface area contributed by atoms with Crippen molar-refractivity contribution in [1.82, 2.24) is 15.1 Å². The van der Waals surface area contributed by atoms with Gasteiger partial charge in [0.2, 0.25) is 5.91 Å². The Balaban J connectivity index is 1.71. The van der Waals surface area contributed by atoms with Crippen LogP contribution in [0.15, 0.2) is 0 Å². The summed E-state index contributed by atoms with van der Waals surface area (Å²) in [7, 11) is 0. The minimum Gasteiger partial charge on any atom is -0.354 e. The highest BCUT2D eigenvalue weighted by Gasteiger charge is 2.54. The molecule has 8 nitrogen and oxygen atoms in total. The van der Waals surface area contributed by atoms with Crippen LogP contribution in [0.5, 0.6) is 0 Å². The van der Waals surface area contributed by atoms with E-state index in [1.807, 2.05) is 13.8 Å². The van der Waals surface area contributed by atoms with Crippen molar-refractivity contribution in [3.63, 3.8) is 0 Å². The molecule has 0 aromatic rings. The molecule has 3 amide bonds. The minimum atomic E-state index is -0.957. The molecule has 8 heteroatoms. The van der Waals surface area contributed by atoms with E-state index >= 15 is 0 Å². The van der Waals surface area contributed by atoms with Gasteiger partial charge in [-0.15, -0.1) is 0 Å². The van der Waals surface area contributed by atoms with Gasteiger partial charge in [0, 0.05) is 19.6 Å². The van der Waals surface area contributed by atoms with Gasteiger partial charge in [0.25, 0.3) is 11.8 Å². The lowest BCUT2D eigenvalue weighted by Crippen LogP contribution is -2.59. The van der Waals surface area contributed by atoms with Gasteiger partial charge < -0.3 is 24.6 Å². The van der Waals surface area contributed by atoms with E-state index in [1.165, 1.54) is 0 Å². The van der Waals surface area contributed by atoms with Gasteiger partial charge in [-0.1, -0.05) is 27.2 Å². The Labute approximate surface area is 173 Å². The number of piperidine rings is 1. The molecular formula is C21H35N3O5. The molecule has 0 aliphatic carbocycles. The molecule has 0 spiro atoms. The van der Waals surface area contributed by atoms with Crippen LogP contribution in [-0.2, 0) is 23.9 Å². The Morgan fingerprint density at radius 2 is 1.90 bits per heavy atom. The van der Waals surface area contributed by atoms with Crippen molar-refractivity contribution in [2.24, 2.45) is 5.92 Å². The smallest absolute Gasteiger partial charge is 0.255 e. The Bertz CT molecular complexity index is 605. The molecule has 0 saturated carbocycles. The number of ether oxygens (including phenoxy) is 2. The van der Waals surface area contributed by atoms with Gasteiger partial charge in [-0.2, -0.15) is 0 Å². The number of morpholine rings is 1. The zero-order chi connectivity index (χ0) is 21.0. The van der Waals surface area contributed by atoms with Gasteiger partial charge >= 0.3 is 0 Å². The highest BCUT2D eigenvalue weighted by molar-refractivity contribution is 5.95. The fourth-order valence-corrected chi connectivity index (χ4v) is 4.28. The van der Waals surface area contributed by atoms with Crippen molar-refractivity contribution >= 4 is 17.7 Å². The molecule has 3 aliphatic heterocycles. The first-order valence-electron chi connectivity index (χ1n) is 11.1. The second-order valence-electron chi connectivity index (χ2n) is 8.71. The van der Waals surface area contributed by atoms with Crippen LogP contribution < -0.4 is 5.32 Å². The second kappa shape index (κ2) is 9.89. The first-order chi connectivity index (χ1) is 13.9. The van der Waals surface area contributed by atoms with Gasteiger partial charge in [-0.25, -0.2) is 0 Å². The molecule has 0 aromatic carbocycles. The third-order valence-electron chi connectivity index (χ3n) is 5.86. The van der Waals surface area contributed by atoms with E-state index in [9.17, 15) is 14.4 Å². The van der Waals surface area contributed by atoms with Gasteiger partial charge in [-0.05, 0) is 38.0 Å². The Hall–Kier alpha value is -1.67. The molecule has 1 N–H and O–H groups in total. The van der Waals surface area contributed by atoms with Crippen molar-refractivity contribution in [2.75, 3.05) is 26.2 Å². The number of nitrogens with one attached hydrogen (secondary N) is 1. The minimum absolute atomic E-state index is 0.138. The number of carbonyl (C=O) groups is 3. The molecule has 0 aromatic heterocycles. The van der Waals surface area contributed by atoms with Crippen molar-refractivity contribution in [1.29, 1.82) is 0 Å². The average Bonchev–Trinajstić information content (AvgIpc) is 3.08. The predicted octanol–water partition coefficient (Wildman–Crippen LogP) is 1.28. The summed E-state index contributed by atoms with van der Waals surface area (Å²) in [4.78, 5) is 42.3. The zero-order valence-electron chi connectivity index (χ0n) is 17.9. The van der Waals surface area contributed by atoms with Crippen LogP contribution in [-0.4, -0.2) is 78.2 Å². The molecule has 29 heavy (non-hydrogen) atoms. The van der Waals surface area contributed by atoms with Crippen molar-refractivity contribution < 1.29 is 23.9 Å². The van der Waals surface area contributed by atoms with Crippen LogP contribution >= 0.6 is 0 Å². The lowest BCUT2D eigenvalue weighted by atomic mass is 9.99. The number of hydrogen-bond donors (Lipinski definition) is 1. The molecule has 3 aliphatic rings. The lowest BCUT2D eigenvalue weighted by molar-refractivity contribution is -0.169. The molecule has 2 bridgehead atoms. The highest BCUT2D eigenvalue weighted by Crippen LogP contribution is 2.31. The Kier molecular flexibility index (Phi) is 7.51. The summed E-state index contributed by atoms with van der Waals surface area (Å²) in [6.07, 6.45) is 3.00. The van der Waals surface area contributed by atoms with Crippen molar-refractivity contribution in [3.8, 4) is 0 Å². The molecule has 3 fully saturated rings. The molecular weight excluding hydrogens is 374 g/mol. The highest BCUT2D eigenvalue weighted by atomic mass is 16.7. The maximum absolute atomic E-state index is 13.2. The summed E-state index contributed by atoms with van der Waals surface area (Å²) in [5.74, 6) is -0.372. The Morgan fingerprint density at radius 3 is 2.55 bits per heavy atom. The fraction of sp³-hybridized carbons (Fsp3) is 0.857. The van der Waals surface area contributed by atoms with E-state index in [-0.39, 0.29) is 30.2 Å². The number of fused-ring (bicyclic) bond motifs is 2.